The third kappa shape index (κ3) is 5.23. The first-order valence-electron chi connectivity index (χ1n) is 5.34. The largest absolute Gasteiger partial charge is 0.309 e. The van der Waals surface area contributed by atoms with Gasteiger partial charge in [-0.05, 0) is 30.7 Å². The van der Waals surface area contributed by atoms with Crippen LogP contribution in [0.15, 0.2) is 18.2 Å². The zero-order valence-corrected chi connectivity index (χ0v) is 12.0. The van der Waals surface area contributed by atoms with Crippen LogP contribution in [-0.2, 0) is 0 Å². The SMILES string of the molecule is C#CCSCCNC(C)c1cc(Cl)ccc1Cl. The quantitative estimate of drug-likeness (QED) is 0.627. The van der Waals surface area contributed by atoms with Gasteiger partial charge in [-0.2, -0.15) is 0 Å². The molecule has 0 saturated carbocycles. The monoisotopic (exact) mass is 287 g/mol. The summed E-state index contributed by atoms with van der Waals surface area (Å²) in [5.41, 5.74) is 1.03. The number of nitrogens with one attached hydrogen (secondary N) is 1. The van der Waals surface area contributed by atoms with Crippen LogP contribution in [0.25, 0.3) is 0 Å². The molecule has 0 aliphatic heterocycles. The fourth-order valence-corrected chi connectivity index (χ4v) is 2.42. The first kappa shape index (κ1) is 14.7. The van der Waals surface area contributed by atoms with Crippen molar-refractivity contribution in [3.63, 3.8) is 0 Å². The van der Waals surface area contributed by atoms with E-state index in [0.717, 1.165) is 28.6 Å². The highest BCUT2D eigenvalue weighted by molar-refractivity contribution is 7.99. The van der Waals surface area contributed by atoms with Gasteiger partial charge in [0.2, 0.25) is 0 Å². The first-order chi connectivity index (χ1) is 8.15. The average Bonchev–Trinajstić information content (AvgIpc) is 2.32. The zero-order chi connectivity index (χ0) is 12.7. The third-order valence-electron chi connectivity index (χ3n) is 2.31. The molecule has 1 aromatic carbocycles. The summed E-state index contributed by atoms with van der Waals surface area (Å²) in [4.78, 5) is 0. The van der Waals surface area contributed by atoms with Gasteiger partial charge in [0.1, 0.15) is 0 Å². The number of rotatable bonds is 6. The van der Waals surface area contributed by atoms with Gasteiger partial charge in [0.25, 0.3) is 0 Å². The van der Waals surface area contributed by atoms with Crippen molar-refractivity contribution in [2.45, 2.75) is 13.0 Å². The van der Waals surface area contributed by atoms with Crippen molar-refractivity contribution in [2.24, 2.45) is 0 Å². The Morgan fingerprint density at radius 1 is 1.47 bits per heavy atom. The normalized spacial score (nSPS) is 12.1. The highest BCUT2D eigenvalue weighted by atomic mass is 35.5. The lowest BCUT2D eigenvalue weighted by Crippen LogP contribution is -2.21. The Kier molecular flexibility index (Phi) is 6.84. The Morgan fingerprint density at radius 2 is 2.24 bits per heavy atom. The molecule has 1 atom stereocenters. The molecule has 4 heteroatoms. The minimum atomic E-state index is 0.188. The van der Waals surface area contributed by atoms with Crippen LogP contribution in [0.1, 0.15) is 18.5 Å². The molecule has 92 valence electrons. The van der Waals surface area contributed by atoms with E-state index < -0.39 is 0 Å². The predicted octanol–water partition coefficient (Wildman–Crippen LogP) is 4.01. The van der Waals surface area contributed by atoms with Gasteiger partial charge in [0, 0.05) is 28.4 Å². The second kappa shape index (κ2) is 7.89. The van der Waals surface area contributed by atoms with Gasteiger partial charge in [-0.3, -0.25) is 0 Å². The summed E-state index contributed by atoms with van der Waals surface area (Å²) in [5, 5.41) is 4.84. The summed E-state index contributed by atoms with van der Waals surface area (Å²) in [5.74, 6) is 4.35. The highest BCUT2D eigenvalue weighted by Gasteiger charge is 2.09. The number of hydrogen-bond acceptors (Lipinski definition) is 2. The first-order valence-corrected chi connectivity index (χ1v) is 7.25. The van der Waals surface area contributed by atoms with Gasteiger partial charge < -0.3 is 5.32 Å². The molecule has 1 aromatic rings. The maximum Gasteiger partial charge on any atom is 0.0545 e. The number of thioether (sulfide) groups is 1. The maximum atomic E-state index is 6.12. The molecule has 0 saturated heterocycles. The van der Waals surface area contributed by atoms with Crippen molar-refractivity contribution in [3.05, 3.63) is 33.8 Å². The molecule has 0 bridgehead atoms. The second-order valence-corrected chi connectivity index (χ2v) is 5.55. The highest BCUT2D eigenvalue weighted by Crippen LogP contribution is 2.25. The van der Waals surface area contributed by atoms with E-state index in [1.165, 1.54) is 0 Å². The van der Waals surface area contributed by atoms with E-state index in [4.69, 9.17) is 29.6 Å². The Bertz CT molecular complexity index is 401. The number of terminal acetylenes is 1. The van der Waals surface area contributed by atoms with Gasteiger partial charge in [-0.1, -0.05) is 29.1 Å². The summed E-state index contributed by atoms with van der Waals surface area (Å²) in [6.07, 6.45) is 5.17. The van der Waals surface area contributed by atoms with Crippen molar-refractivity contribution in [2.75, 3.05) is 18.1 Å². The standard InChI is InChI=1S/C13H15Cl2NS/c1-3-7-17-8-6-16-10(2)12-9-11(14)4-5-13(12)15/h1,4-5,9-10,16H,6-8H2,2H3. The Labute approximate surface area is 117 Å². The number of benzene rings is 1. The second-order valence-electron chi connectivity index (χ2n) is 3.60. The van der Waals surface area contributed by atoms with Gasteiger partial charge in [-0.15, -0.1) is 18.2 Å². The molecular formula is C13H15Cl2NS. The summed E-state index contributed by atoms with van der Waals surface area (Å²) in [6.45, 7) is 2.97. The van der Waals surface area contributed by atoms with Crippen molar-refractivity contribution in [3.8, 4) is 12.3 Å². The summed E-state index contributed by atoms with van der Waals surface area (Å²) < 4.78 is 0. The summed E-state index contributed by atoms with van der Waals surface area (Å²) in [7, 11) is 0. The number of hydrogen-bond donors (Lipinski definition) is 1. The molecule has 0 amide bonds. The van der Waals surface area contributed by atoms with Gasteiger partial charge >= 0.3 is 0 Å². The van der Waals surface area contributed by atoms with Gasteiger partial charge in [0.05, 0.1) is 5.75 Å². The van der Waals surface area contributed by atoms with Crippen molar-refractivity contribution >= 4 is 35.0 Å². The minimum absolute atomic E-state index is 0.188. The Morgan fingerprint density at radius 3 is 2.94 bits per heavy atom. The Balaban J connectivity index is 2.44. The van der Waals surface area contributed by atoms with E-state index in [-0.39, 0.29) is 6.04 Å². The van der Waals surface area contributed by atoms with E-state index in [1.807, 2.05) is 12.1 Å². The summed E-state index contributed by atoms with van der Waals surface area (Å²) >= 11 is 13.8. The average molecular weight is 288 g/mol. The van der Waals surface area contributed by atoms with Crippen LogP contribution in [0.4, 0.5) is 0 Å². The van der Waals surface area contributed by atoms with E-state index in [0.29, 0.717) is 5.02 Å². The minimum Gasteiger partial charge on any atom is -0.309 e. The van der Waals surface area contributed by atoms with Crippen LogP contribution >= 0.6 is 35.0 Å². The smallest absolute Gasteiger partial charge is 0.0545 e. The molecule has 0 fully saturated rings. The number of halogens is 2. The fraction of sp³-hybridized carbons (Fsp3) is 0.385. The van der Waals surface area contributed by atoms with E-state index in [1.54, 1.807) is 17.8 Å². The van der Waals surface area contributed by atoms with Crippen molar-refractivity contribution in [1.29, 1.82) is 0 Å². The van der Waals surface area contributed by atoms with E-state index in [9.17, 15) is 0 Å². The molecule has 1 unspecified atom stereocenters. The lowest BCUT2D eigenvalue weighted by Gasteiger charge is -2.15. The topological polar surface area (TPSA) is 12.0 Å². The molecule has 0 heterocycles. The zero-order valence-electron chi connectivity index (χ0n) is 9.67. The molecule has 0 aliphatic carbocycles. The molecule has 0 aromatic heterocycles. The van der Waals surface area contributed by atoms with Crippen LogP contribution in [0.2, 0.25) is 10.0 Å². The van der Waals surface area contributed by atoms with Crippen LogP contribution in [0.5, 0.6) is 0 Å². The Hall–Kier alpha value is -0.330. The van der Waals surface area contributed by atoms with Crippen molar-refractivity contribution < 1.29 is 0 Å². The predicted molar refractivity (Wildman–Crippen MR) is 79.0 cm³/mol. The van der Waals surface area contributed by atoms with Crippen molar-refractivity contribution in [1.82, 2.24) is 5.32 Å². The van der Waals surface area contributed by atoms with Crippen LogP contribution in [0, 0.1) is 12.3 Å². The fourth-order valence-electron chi connectivity index (χ4n) is 1.44. The molecule has 0 radical (unpaired) electrons. The lowest BCUT2D eigenvalue weighted by atomic mass is 10.1. The molecule has 1 nitrogen and oxygen atoms in total. The van der Waals surface area contributed by atoms with Gasteiger partial charge in [0.15, 0.2) is 0 Å². The van der Waals surface area contributed by atoms with Crippen LogP contribution in [-0.4, -0.2) is 18.1 Å². The van der Waals surface area contributed by atoms with E-state index in [2.05, 4.69) is 18.2 Å². The molecular weight excluding hydrogens is 273 g/mol. The van der Waals surface area contributed by atoms with Crippen LogP contribution < -0.4 is 5.32 Å². The van der Waals surface area contributed by atoms with Crippen LogP contribution in [0.3, 0.4) is 0 Å². The molecule has 1 rings (SSSR count). The molecule has 17 heavy (non-hydrogen) atoms. The summed E-state index contributed by atoms with van der Waals surface area (Å²) in [6, 6.07) is 5.70. The molecule has 0 aliphatic rings. The molecule has 0 spiro atoms. The third-order valence-corrected chi connectivity index (χ3v) is 3.75. The molecule has 1 N–H and O–H groups in total. The van der Waals surface area contributed by atoms with E-state index >= 15 is 0 Å². The lowest BCUT2D eigenvalue weighted by molar-refractivity contribution is 0.601. The van der Waals surface area contributed by atoms with Gasteiger partial charge in [-0.25, -0.2) is 0 Å². The maximum absolute atomic E-state index is 6.12.